The topological polar surface area (TPSA) is 71.9 Å². The molecule has 0 aliphatic carbocycles. The van der Waals surface area contributed by atoms with Gasteiger partial charge in [0.05, 0.1) is 10.2 Å². The summed E-state index contributed by atoms with van der Waals surface area (Å²) in [6.07, 6.45) is 0. The van der Waals surface area contributed by atoms with Gasteiger partial charge in [-0.15, -0.1) is 0 Å². The minimum absolute atomic E-state index is 0.107. The van der Waals surface area contributed by atoms with Crippen molar-refractivity contribution in [2.75, 3.05) is 5.73 Å². The molecular weight excluding hydrogens is 313 g/mol. The van der Waals surface area contributed by atoms with Gasteiger partial charge in [0, 0.05) is 11.8 Å². The highest BCUT2D eigenvalue weighted by molar-refractivity contribution is 9.10. The van der Waals surface area contributed by atoms with Crippen LogP contribution in [0.4, 0.5) is 10.1 Å². The lowest BCUT2D eigenvalue weighted by Crippen LogP contribution is -1.98. The monoisotopic (exact) mass is 321 g/mol. The number of pyridine rings is 1. The van der Waals surface area contributed by atoms with E-state index in [0.29, 0.717) is 5.69 Å². The van der Waals surface area contributed by atoms with Crippen molar-refractivity contribution in [2.45, 2.75) is 6.92 Å². The van der Waals surface area contributed by atoms with E-state index in [9.17, 15) is 4.39 Å². The summed E-state index contributed by atoms with van der Waals surface area (Å²) in [6, 6.07) is 7.77. The molecule has 1 aromatic heterocycles. The summed E-state index contributed by atoms with van der Waals surface area (Å²) in [5, 5.41) is 8.97. The number of anilines is 1. The van der Waals surface area contributed by atoms with E-state index in [0.717, 1.165) is 6.07 Å². The molecule has 0 spiro atoms. The Morgan fingerprint density at radius 3 is 2.84 bits per heavy atom. The highest BCUT2D eigenvalue weighted by atomic mass is 79.9. The lowest BCUT2D eigenvalue weighted by Gasteiger charge is -2.10. The normalized spacial score (nSPS) is 10.0. The fourth-order valence-corrected chi connectivity index (χ4v) is 1.79. The summed E-state index contributed by atoms with van der Waals surface area (Å²) in [5.74, 6) is -0.276. The number of nitriles is 1. The fourth-order valence-electron chi connectivity index (χ4n) is 1.43. The molecule has 0 aliphatic rings. The van der Waals surface area contributed by atoms with Crippen LogP contribution < -0.4 is 10.5 Å². The number of hydrogen-bond donors (Lipinski definition) is 1. The van der Waals surface area contributed by atoms with Crippen molar-refractivity contribution in [3.05, 3.63) is 45.8 Å². The van der Waals surface area contributed by atoms with Crippen molar-refractivity contribution in [2.24, 2.45) is 0 Å². The molecule has 0 saturated heterocycles. The Morgan fingerprint density at radius 2 is 2.16 bits per heavy atom. The number of rotatable bonds is 2. The Hall–Kier alpha value is -2.13. The van der Waals surface area contributed by atoms with E-state index < -0.39 is 5.82 Å². The van der Waals surface area contributed by atoms with Gasteiger partial charge in [-0.3, -0.25) is 0 Å². The standard InChI is InChI=1S/C13H9BrFN3O/c1-7-2-3-8(6-16)13(18-7)19-12-5-10(15)9(14)4-11(12)17/h2-5H,17H2,1H3. The first-order chi connectivity index (χ1) is 9.01. The molecule has 0 bridgehead atoms. The molecule has 96 valence electrons. The van der Waals surface area contributed by atoms with Crippen LogP contribution >= 0.6 is 15.9 Å². The third kappa shape index (κ3) is 2.83. The second-order valence-corrected chi connectivity index (χ2v) is 4.68. The zero-order valence-corrected chi connectivity index (χ0v) is 11.5. The van der Waals surface area contributed by atoms with E-state index in [1.807, 2.05) is 6.07 Å². The van der Waals surface area contributed by atoms with E-state index >= 15 is 0 Å². The number of aryl methyl sites for hydroxylation is 1. The van der Waals surface area contributed by atoms with E-state index in [2.05, 4.69) is 20.9 Å². The second kappa shape index (κ2) is 5.24. The van der Waals surface area contributed by atoms with Crippen LogP contribution in [0.2, 0.25) is 0 Å². The van der Waals surface area contributed by atoms with Crippen LogP contribution in [-0.2, 0) is 0 Å². The van der Waals surface area contributed by atoms with Crippen molar-refractivity contribution in [1.82, 2.24) is 4.98 Å². The predicted molar refractivity (Wildman–Crippen MR) is 72.3 cm³/mol. The first-order valence-electron chi connectivity index (χ1n) is 5.31. The zero-order chi connectivity index (χ0) is 14.0. The van der Waals surface area contributed by atoms with Crippen LogP contribution in [-0.4, -0.2) is 4.98 Å². The molecule has 1 heterocycles. The van der Waals surface area contributed by atoms with Crippen LogP contribution in [0.5, 0.6) is 11.6 Å². The Labute approximate surface area is 117 Å². The zero-order valence-electron chi connectivity index (χ0n) is 9.95. The number of aromatic nitrogens is 1. The van der Waals surface area contributed by atoms with Gasteiger partial charge in [0.15, 0.2) is 5.75 Å². The number of halogens is 2. The first kappa shape index (κ1) is 13.3. The van der Waals surface area contributed by atoms with Gasteiger partial charge < -0.3 is 10.5 Å². The summed E-state index contributed by atoms with van der Waals surface area (Å²) in [4.78, 5) is 4.10. The van der Waals surface area contributed by atoms with Gasteiger partial charge in [-0.05, 0) is 41.1 Å². The lowest BCUT2D eigenvalue weighted by molar-refractivity contribution is 0.457. The molecule has 0 aliphatic heterocycles. The van der Waals surface area contributed by atoms with Crippen LogP contribution in [0.3, 0.4) is 0 Å². The SMILES string of the molecule is Cc1ccc(C#N)c(Oc2cc(F)c(Br)cc2N)n1. The third-order valence-electron chi connectivity index (χ3n) is 2.38. The van der Waals surface area contributed by atoms with Gasteiger partial charge in [0.2, 0.25) is 5.88 Å². The molecule has 0 atom stereocenters. The van der Waals surface area contributed by atoms with Gasteiger partial charge in [-0.25, -0.2) is 9.37 Å². The number of nitrogen functional groups attached to an aromatic ring is 1. The van der Waals surface area contributed by atoms with Gasteiger partial charge in [0.25, 0.3) is 0 Å². The molecule has 0 amide bonds. The molecule has 0 saturated carbocycles. The minimum atomic E-state index is -0.504. The van der Waals surface area contributed by atoms with E-state index in [-0.39, 0.29) is 27.4 Å². The Kier molecular flexibility index (Phi) is 3.67. The van der Waals surface area contributed by atoms with Crippen LogP contribution in [0.15, 0.2) is 28.7 Å². The predicted octanol–water partition coefficient (Wildman–Crippen LogP) is 3.54. The molecular formula is C13H9BrFN3O. The lowest BCUT2D eigenvalue weighted by atomic mass is 10.2. The largest absolute Gasteiger partial charge is 0.435 e. The Bertz CT molecular complexity index is 682. The maximum Gasteiger partial charge on any atom is 0.237 e. The number of benzene rings is 1. The molecule has 2 aromatic rings. The molecule has 0 radical (unpaired) electrons. The van der Waals surface area contributed by atoms with E-state index in [1.54, 1.807) is 19.1 Å². The molecule has 2 N–H and O–H groups in total. The van der Waals surface area contributed by atoms with Crippen molar-refractivity contribution >= 4 is 21.6 Å². The van der Waals surface area contributed by atoms with Crippen LogP contribution in [0, 0.1) is 24.1 Å². The molecule has 2 rings (SSSR count). The quantitative estimate of drug-likeness (QED) is 0.859. The molecule has 0 unspecified atom stereocenters. The van der Waals surface area contributed by atoms with Crippen molar-refractivity contribution in [1.29, 1.82) is 5.26 Å². The molecule has 6 heteroatoms. The summed E-state index contributed by atoms with van der Waals surface area (Å²) in [7, 11) is 0. The highest BCUT2D eigenvalue weighted by Gasteiger charge is 2.12. The van der Waals surface area contributed by atoms with Gasteiger partial charge in [0.1, 0.15) is 17.4 Å². The third-order valence-corrected chi connectivity index (χ3v) is 2.99. The van der Waals surface area contributed by atoms with Gasteiger partial charge in [-0.2, -0.15) is 5.26 Å². The molecule has 19 heavy (non-hydrogen) atoms. The van der Waals surface area contributed by atoms with Crippen molar-refractivity contribution in [3.63, 3.8) is 0 Å². The van der Waals surface area contributed by atoms with Gasteiger partial charge in [-0.1, -0.05) is 0 Å². The fraction of sp³-hybridized carbons (Fsp3) is 0.0769. The number of hydrogen-bond acceptors (Lipinski definition) is 4. The second-order valence-electron chi connectivity index (χ2n) is 3.82. The maximum atomic E-state index is 13.5. The average molecular weight is 322 g/mol. The Balaban J connectivity index is 2.45. The van der Waals surface area contributed by atoms with Crippen molar-refractivity contribution in [3.8, 4) is 17.7 Å². The minimum Gasteiger partial charge on any atom is -0.435 e. The van der Waals surface area contributed by atoms with Gasteiger partial charge >= 0.3 is 0 Å². The summed E-state index contributed by atoms with van der Waals surface area (Å²) in [6.45, 7) is 1.76. The number of nitrogens with zero attached hydrogens (tertiary/aromatic N) is 2. The van der Waals surface area contributed by atoms with E-state index in [1.165, 1.54) is 6.07 Å². The van der Waals surface area contributed by atoms with Crippen LogP contribution in [0.1, 0.15) is 11.3 Å². The molecule has 0 fully saturated rings. The highest BCUT2D eigenvalue weighted by Crippen LogP contribution is 2.32. The van der Waals surface area contributed by atoms with Crippen LogP contribution in [0.25, 0.3) is 0 Å². The maximum absolute atomic E-state index is 13.5. The molecule has 1 aromatic carbocycles. The summed E-state index contributed by atoms with van der Waals surface area (Å²) < 4.78 is 19.1. The summed E-state index contributed by atoms with van der Waals surface area (Å²) in [5.41, 5.74) is 6.93. The van der Waals surface area contributed by atoms with Crippen molar-refractivity contribution < 1.29 is 9.13 Å². The summed E-state index contributed by atoms with van der Waals surface area (Å²) >= 11 is 3.03. The average Bonchev–Trinajstić information content (AvgIpc) is 2.36. The number of ether oxygens (including phenoxy) is 1. The number of nitrogens with two attached hydrogens (primary N) is 1. The van der Waals surface area contributed by atoms with E-state index in [4.69, 9.17) is 15.7 Å². The first-order valence-corrected chi connectivity index (χ1v) is 6.10. The molecule has 4 nitrogen and oxygen atoms in total. The smallest absolute Gasteiger partial charge is 0.237 e. The Morgan fingerprint density at radius 1 is 1.42 bits per heavy atom.